The van der Waals surface area contributed by atoms with Gasteiger partial charge >= 0.3 is 0 Å². The minimum Gasteiger partial charge on any atom is -0.320 e. The van der Waals surface area contributed by atoms with Gasteiger partial charge < -0.3 is 5.73 Å². The molecule has 2 aromatic rings. The first-order chi connectivity index (χ1) is 9.20. The van der Waals surface area contributed by atoms with Gasteiger partial charge in [0.15, 0.2) is 0 Å². The van der Waals surface area contributed by atoms with Crippen LogP contribution in [-0.4, -0.2) is 27.3 Å². The normalized spacial score (nSPS) is 9.58. The summed E-state index contributed by atoms with van der Waals surface area (Å²) in [5, 5.41) is 9.45. The number of rotatable bonds is 2. The second kappa shape index (κ2) is 5.99. The average molecular weight is 277 g/mol. The van der Waals surface area contributed by atoms with Crippen molar-refractivity contribution in [3.05, 3.63) is 35.1 Å². The molecule has 0 fully saturated rings. The van der Waals surface area contributed by atoms with Gasteiger partial charge in [-0.1, -0.05) is 21.4 Å². The SMILES string of the molecule is NCC#Cc1ccc(C(=O)Nc2nnns2)c(F)c1. The molecule has 0 saturated heterocycles. The highest BCUT2D eigenvalue weighted by atomic mass is 32.1. The topological polar surface area (TPSA) is 93.8 Å². The van der Waals surface area contributed by atoms with Gasteiger partial charge in [0.05, 0.1) is 12.1 Å². The fourth-order valence-electron chi connectivity index (χ4n) is 1.28. The number of carbonyl (C=O) groups is 1. The lowest BCUT2D eigenvalue weighted by Crippen LogP contribution is -2.13. The Morgan fingerprint density at radius 3 is 3.00 bits per heavy atom. The maximum Gasteiger partial charge on any atom is 0.260 e. The highest BCUT2D eigenvalue weighted by molar-refractivity contribution is 7.09. The van der Waals surface area contributed by atoms with E-state index < -0.39 is 11.7 Å². The summed E-state index contributed by atoms with van der Waals surface area (Å²) >= 11 is 0.903. The fraction of sp³-hybridized carbons (Fsp3) is 0.0909. The third kappa shape index (κ3) is 3.31. The van der Waals surface area contributed by atoms with Crippen LogP contribution in [0.15, 0.2) is 18.2 Å². The molecule has 6 nitrogen and oxygen atoms in total. The molecule has 1 amide bonds. The summed E-state index contributed by atoms with van der Waals surface area (Å²) in [7, 11) is 0. The second-order valence-electron chi connectivity index (χ2n) is 3.32. The summed E-state index contributed by atoms with van der Waals surface area (Å²) in [6, 6.07) is 4.06. The molecule has 0 radical (unpaired) electrons. The van der Waals surface area contributed by atoms with Crippen molar-refractivity contribution in [3.63, 3.8) is 0 Å². The number of benzene rings is 1. The molecule has 0 aliphatic carbocycles. The predicted octanol–water partition coefficient (Wildman–Crippen LogP) is 0.635. The molecule has 0 unspecified atom stereocenters. The van der Waals surface area contributed by atoms with Gasteiger partial charge in [-0.2, -0.15) is 0 Å². The molecule has 1 heterocycles. The van der Waals surface area contributed by atoms with Gasteiger partial charge in [-0.3, -0.25) is 10.1 Å². The number of nitrogens with zero attached hydrogens (tertiary/aromatic N) is 3. The Hall–Kier alpha value is -2.37. The Morgan fingerprint density at radius 1 is 1.53 bits per heavy atom. The van der Waals surface area contributed by atoms with Crippen LogP contribution in [0.2, 0.25) is 0 Å². The van der Waals surface area contributed by atoms with Crippen molar-refractivity contribution < 1.29 is 9.18 Å². The summed E-state index contributed by atoms with van der Waals surface area (Å²) in [6.07, 6.45) is 0. The number of carbonyl (C=O) groups excluding carboxylic acids is 1. The third-order valence-electron chi connectivity index (χ3n) is 2.07. The Bertz CT molecular complexity index is 647. The fourth-order valence-corrected chi connectivity index (χ4v) is 1.64. The first-order valence-electron chi connectivity index (χ1n) is 5.15. The number of halogens is 1. The Balaban J connectivity index is 2.18. The van der Waals surface area contributed by atoms with Crippen LogP contribution in [0.3, 0.4) is 0 Å². The third-order valence-corrected chi connectivity index (χ3v) is 2.58. The van der Waals surface area contributed by atoms with Crippen LogP contribution < -0.4 is 11.1 Å². The molecule has 0 aliphatic rings. The summed E-state index contributed by atoms with van der Waals surface area (Å²) < 4.78 is 17.2. The Kier molecular flexibility index (Phi) is 4.12. The van der Waals surface area contributed by atoms with Crippen LogP contribution >= 0.6 is 11.5 Å². The molecule has 1 aromatic heterocycles. The molecule has 0 saturated carbocycles. The highest BCUT2D eigenvalue weighted by Crippen LogP contribution is 2.13. The van der Waals surface area contributed by atoms with E-state index >= 15 is 0 Å². The molecule has 96 valence electrons. The highest BCUT2D eigenvalue weighted by Gasteiger charge is 2.13. The predicted molar refractivity (Wildman–Crippen MR) is 68.0 cm³/mol. The lowest BCUT2D eigenvalue weighted by molar-refractivity contribution is 0.102. The van der Waals surface area contributed by atoms with Crippen LogP contribution in [0.25, 0.3) is 0 Å². The van der Waals surface area contributed by atoms with Crippen molar-refractivity contribution in [1.82, 2.24) is 14.8 Å². The van der Waals surface area contributed by atoms with Crippen LogP contribution in [0.4, 0.5) is 9.52 Å². The molecule has 3 N–H and O–H groups in total. The number of nitrogens with two attached hydrogens (primary N) is 1. The average Bonchev–Trinajstić information content (AvgIpc) is 2.89. The van der Waals surface area contributed by atoms with Gasteiger partial charge in [0.1, 0.15) is 5.82 Å². The Morgan fingerprint density at radius 2 is 2.37 bits per heavy atom. The molecular weight excluding hydrogens is 269 g/mol. The number of hydrogen-bond acceptors (Lipinski definition) is 6. The van der Waals surface area contributed by atoms with Crippen LogP contribution in [0.1, 0.15) is 15.9 Å². The van der Waals surface area contributed by atoms with Gasteiger partial charge in [-0.05, 0) is 23.4 Å². The van der Waals surface area contributed by atoms with Crippen LogP contribution in [0, 0.1) is 17.7 Å². The number of amides is 1. The van der Waals surface area contributed by atoms with Crippen molar-refractivity contribution >= 4 is 22.6 Å². The maximum atomic E-state index is 13.7. The van der Waals surface area contributed by atoms with Crippen LogP contribution in [-0.2, 0) is 0 Å². The molecule has 0 atom stereocenters. The van der Waals surface area contributed by atoms with E-state index in [1.54, 1.807) is 6.07 Å². The summed E-state index contributed by atoms with van der Waals surface area (Å²) in [4.78, 5) is 11.8. The smallest absolute Gasteiger partial charge is 0.260 e. The van der Waals surface area contributed by atoms with E-state index in [1.807, 2.05) is 0 Å². The molecule has 0 spiro atoms. The van der Waals surface area contributed by atoms with Crippen molar-refractivity contribution in [2.45, 2.75) is 0 Å². The zero-order valence-electron chi connectivity index (χ0n) is 9.55. The van der Waals surface area contributed by atoms with Gasteiger partial charge in [0, 0.05) is 17.1 Å². The summed E-state index contributed by atoms with van der Waals surface area (Å²) in [6.45, 7) is 0.188. The van der Waals surface area contributed by atoms with Crippen molar-refractivity contribution in [1.29, 1.82) is 0 Å². The molecule has 0 aliphatic heterocycles. The minimum absolute atomic E-state index is 0.103. The standard InChI is InChI=1S/C11H8FN5OS/c12-9-6-7(2-1-5-13)3-4-8(9)10(18)14-11-15-16-17-19-11/h3-4,6H,5,13H2,(H,14,15,17,18). The lowest BCUT2D eigenvalue weighted by atomic mass is 10.1. The van der Waals surface area contributed by atoms with Gasteiger partial charge in [-0.25, -0.2) is 4.39 Å². The molecule has 0 bridgehead atoms. The lowest BCUT2D eigenvalue weighted by Gasteiger charge is -2.02. The quantitative estimate of drug-likeness (QED) is 0.785. The summed E-state index contributed by atoms with van der Waals surface area (Å²) in [5.74, 6) is 4.00. The monoisotopic (exact) mass is 277 g/mol. The van der Waals surface area contributed by atoms with E-state index in [4.69, 9.17) is 5.73 Å². The van der Waals surface area contributed by atoms with E-state index in [0.29, 0.717) is 5.56 Å². The number of hydrogen-bond donors (Lipinski definition) is 2. The number of nitrogens with one attached hydrogen (secondary N) is 1. The number of aromatic nitrogens is 3. The van der Waals surface area contributed by atoms with Gasteiger partial charge in [0.25, 0.3) is 5.91 Å². The zero-order chi connectivity index (χ0) is 13.7. The van der Waals surface area contributed by atoms with E-state index in [9.17, 15) is 9.18 Å². The van der Waals surface area contributed by atoms with Crippen molar-refractivity contribution in [3.8, 4) is 11.8 Å². The van der Waals surface area contributed by atoms with Gasteiger partial charge in [0.2, 0.25) is 5.13 Å². The van der Waals surface area contributed by atoms with E-state index in [2.05, 4.69) is 32.0 Å². The van der Waals surface area contributed by atoms with Crippen molar-refractivity contribution in [2.75, 3.05) is 11.9 Å². The maximum absolute atomic E-state index is 13.7. The zero-order valence-corrected chi connectivity index (χ0v) is 10.4. The summed E-state index contributed by atoms with van der Waals surface area (Å²) in [5.41, 5.74) is 5.57. The molecular formula is C11H8FN5OS. The van der Waals surface area contributed by atoms with E-state index in [1.165, 1.54) is 12.1 Å². The molecule has 2 rings (SSSR count). The first-order valence-corrected chi connectivity index (χ1v) is 5.93. The van der Waals surface area contributed by atoms with E-state index in [0.717, 1.165) is 11.5 Å². The van der Waals surface area contributed by atoms with Crippen molar-refractivity contribution in [2.24, 2.45) is 5.73 Å². The van der Waals surface area contributed by atoms with Gasteiger partial charge in [-0.15, -0.1) is 0 Å². The van der Waals surface area contributed by atoms with Crippen LogP contribution in [0.5, 0.6) is 0 Å². The minimum atomic E-state index is -0.668. The Labute approximate surface area is 112 Å². The first kappa shape index (κ1) is 13.1. The molecule has 19 heavy (non-hydrogen) atoms. The number of anilines is 1. The molecule has 8 heteroatoms. The second-order valence-corrected chi connectivity index (χ2v) is 4.05. The molecule has 1 aromatic carbocycles. The largest absolute Gasteiger partial charge is 0.320 e. The van der Waals surface area contributed by atoms with E-state index in [-0.39, 0.29) is 17.2 Å².